The van der Waals surface area contributed by atoms with Crippen LogP contribution >= 0.6 is 0 Å². The predicted molar refractivity (Wildman–Crippen MR) is 89.8 cm³/mol. The Morgan fingerprint density at radius 3 is 1.72 bits per heavy atom. The van der Waals surface area contributed by atoms with E-state index < -0.39 is 59.0 Å². The molecule has 0 aromatic heterocycles. The van der Waals surface area contributed by atoms with Gasteiger partial charge in [0.15, 0.2) is 0 Å². The van der Waals surface area contributed by atoms with Crippen LogP contribution in [-0.4, -0.2) is 16.8 Å². The minimum absolute atomic E-state index is 0.0341. The van der Waals surface area contributed by atoms with E-state index in [1.54, 1.807) is 4.72 Å². The molecule has 0 spiro atoms. The Balaban J connectivity index is 2.60. The first-order chi connectivity index (χ1) is 12.9. The Bertz CT molecular complexity index is 1120. The maximum atomic E-state index is 12.9. The highest BCUT2D eigenvalue weighted by Gasteiger charge is 2.38. The first-order valence-corrected chi connectivity index (χ1v) is 10.4. The van der Waals surface area contributed by atoms with Gasteiger partial charge in [0.05, 0.1) is 26.6 Å². The quantitative estimate of drug-likeness (QED) is 0.679. The zero-order valence-electron chi connectivity index (χ0n) is 14.3. The topological polar surface area (TPSA) is 106 Å². The molecule has 0 bridgehead atoms. The summed E-state index contributed by atoms with van der Waals surface area (Å²) in [5.41, 5.74) is -3.91. The highest BCUT2D eigenvalue weighted by Crippen LogP contribution is 2.37. The van der Waals surface area contributed by atoms with Crippen molar-refractivity contribution < 1.29 is 43.2 Å². The highest BCUT2D eigenvalue weighted by atomic mass is 32.2. The minimum Gasteiger partial charge on any atom is -0.280 e. The monoisotopic (exact) mass is 462 g/mol. The van der Waals surface area contributed by atoms with Crippen molar-refractivity contribution >= 4 is 25.7 Å². The summed E-state index contributed by atoms with van der Waals surface area (Å²) in [6.07, 6.45) is -10.5. The van der Waals surface area contributed by atoms with E-state index in [4.69, 9.17) is 5.14 Å². The fourth-order valence-corrected chi connectivity index (χ4v) is 4.19. The standard InChI is InChI=1S/C15H12F6N2O4S2/c1-8-2-3-11(7-13(8)28(22,24)25)23-29(26,27)12-5-9(14(16,17)18)4-10(6-12)15(19,20)21/h2-7,23H,1H3,(H2,22,24,25). The number of nitrogens with two attached hydrogens (primary N) is 1. The summed E-state index contributed by atoms with van der Waals surface area (Å²) >= 11 is 0. The number of alkyl halides is 6. The molecule has 3 N–H and O–H groups in total. The fourth-order valence-electron chi connectivity index (χ4n) is 2.27. The zero-order chi connectivity index (χ0) is 22.4. The number of primary sulfonamides is 1. The Morgan fingerprint density at radius 1 is 0.828 bits per heavy atom. The molecule has 0 fully saturated rings. The number of hydrogen-bond donors (Lipinski definition) is 2. The second-order valence-electron chi connectivity index (χ2n) is 5.87. The lowest BCUT2D eigenvalue weighted by Gasteiger charge is -2.15. The van der Waals surface area contributed by atoms with Crippen molar-refractivity contribution in [2.24, 2.45) is 5.14 Å². The van der Waals surface area contributed by atoms with Gasteiger partial charge in [-0.15, -0.1) is 0 Å². The van der Waals surface area contributed by atoms with Crippen LogP contribution in [0, 0.1) is 6.92 Å². The summed E-state index contributed by atoms with van der Waals surface area (Å²) < 4.78 is 127. The summed E-state index contributed by atoms with van der Waals surface area (Å²) in [7, 11) is -9.20. The SMILES string of the molecule is Cc1ccc(NS(=O)(=O)c2cc(C(F)(F)F)cc(C(F)(F)F)c2)cc1S(N)(=O)=O. The fraction of sp³-hybridized carbons (Fsp3) is 0.200. The van der Waals surface area contributed by atoms with E-state index >= 15 is 0 Å². The Morgan fingerprint density at radius 2 is 1.31 bits per heavy atom. The maximum absolute atomic E-state index is 12.9. The summed E-state index contributed by atoms with van der Waals surface area (Å²) in [6.45, 7) is 1.35. The van der Waals surface area contributed by atoms with Crippen LogP contribution in [0.4, 0.5) is 32.0 Å². The van der Waals surface area contributed by atoms with Gasteiger partial charge in [-0.25, -0.2) is 22.0 Å². The average Bonchev–Trinajstić information content (AvgIpc) is 2.53. The van der Waals surface area contributed by atoms with Crippen molar-refractivity contribution in [3.63, 3.8) is 0 Å². The molecular weight excluding hydrogens is 450 g/mol. The van der Waals surface area contributed by atoms with Gasteiger partial charge in [-0.3, -0.25) is 4.72 Å². The van der Waals surface area contributed by atoms with Gasteiger partial charge < -0.3 is 0 Å². The van der Waals surface area contributed by atoms with Crippen LogP contribution < -0.4 is 9.86 Å². The summed E-state index contributed by atoms with van der Waals surface area (Å²) in [5.74, 6) is 0. The normalized spacial score (nSPS) is 13.4. The van der Waals surface area contributed by atoms with E-state index in [9.17, 15) is 43.2 Å². The third-order valence-corrected chi connectivity index (χ3v) is 6.03. The van der Waals surface area contributed by atoms with E-state index in [-0.39, 0.29) is 23.8 Å². The third-order valence-electron chi connectivity index (χ3n) is 3.62. The Kier molecular flexibility index (Phi) is 5.68. The van der Waals surface area contributed by atoms with Gasteiger partial charge in [0.25, 0.3) is 10.0 Å². The lowest BCUT2D eigenvalue weighted by atomic mass is 10.1. The van der Waals surface area contributed by atoms with Crippen molar-refractivity contribution in [2.75, 3.05) is 4.72 Å². The van der Waals surface area contributed by atoms with Crippen molar-refractivity contribution in [1.29, 1.82) is 0 Å². The second kappa shape index (κ2) is 7.18. The van der Waals surface area contributed by atoms with Crippen molar-refractivity contribution in [3.05, 3.63) is 53.1 Å². The van der Waals surface area contributed by atoms with Crippen LogP contribution in [0.3, 0.4) is 0 Å². The molecule has 0 aliphatic heterocycles. The molecule has 6 nitrogen and oxygen atoms in total. The molecule has 14 heteroatoms. The number of rotatable bonds is 4. The average molecular weight is 462 g/mol. The number of benzene rings is 2. The highest BCUT2D eigenvalue weighted by molar-refractivity contribution is 7.92. The molecule has 160 valence electrons. The second-order valence-corrected chi connectivity index (χ2v) is 9.08. The summed E-state index contributed by atoms with van der Waals surface area (Å²) in [5, 5.41) is 4.98. The number of sulfonamides is 2. The largest absolute Gasteiger partial charge is 0.416 e. The molecule has 0 heterocycles. The van der Waals surface area contributed by atoms with Gasteiger partial charge in [0, 0.05) is 0 Å². The number of nitrogens with one attached hydrogen (secondary N) is 1. The number of hydrogen-bond acceptors (Lipinski definition) is 4. The van der Waals surface area contributed by atoms with Gasteiger partial charge in [-0.1, -0.05) is 6.07 Å². The molecule has 0 unspecified atom stereocenters. The molecule has 0 aliphatic carbocycles. The van der Waals surface area contributed by atoms with Crippen molar-refractivity contribution in [1.82, 2.24) is 0 Å². The summed E-state index contributed by atoms with van der Waals surface area (Å²) in [4.78, 5) is -1.78. The van der Waals surface area contributed by atoms with Crippen LogP contribution in [0.5, 0.6) is 0 Å². The van der Waals surface area contributed by atoms with Gasteiger partial charge in [0.2, 0.25) is 10.0 Å². The Labute approximate surface area is 161 Å². The smallest absolute Gasteiger partial charge is 0.280 e. The first kappa shape index (κ1) is 23.0. The third kappa shape index (κ3) is 5.39. The molecule has 0 aliphatic rings. The molecule has 2 aromatic rings. The van der Waals surface area contributed by atoms with Crippen LogP contribution in [0.2, 0.25) is 0 Å². The van der Waals surface area contributed by atoms with Gasteiger partial charge in [-0.05, 0) is 42.8 Å². The van der Waals surface area contributed by atoms with Gasteiger partial charge in [0.1, 0.15) is 0 Å². The molecule has 0 amide bonds. The number of anilines is 1. The Hall–Kier alpha value is -2.32. The molecule has 0 saturated carbocycles. The first-order valence-electron chi connectivity index (χ1n) is 7.37. The molecule has 0 saturated heterocycles. The number of halogens is 6. The number of aryl methyl sites for hydroxylation is 1. The molecular formula is C15H12F6N2O4S2. The van der Waals surface area contributed by atoms with Crippen molar-refractivity contribution in [2.45, 2.75) is 29.1 Å². The molecule has 0 atom stereocenters. The zero-order valence-corrected chi connectivity index (χ0v) is 15.9. The van der Waals surface area contributed by atoms with Gasteiger partial charge >= 0.3 is 12.4 Å². The van der Waals surface area contributed by atoms with Crippen LogP contribution in [-0.2, 0) is 32.4 Å². The van der Waals surface area contributed by atoms with E-state index in [0.29, 0.717) is 0 Å². The lowest BCUT2D eigenvalue weighted by molar-refractivity contribution is -0.143. The van der Waals surface area contributed by atoms with E-state index in [0.717, 1.165) is 18.2 Å². The lowest BCUT2D eigenvalue weighted by Crippen LogP contribution is -2.18. The predicted octanol–water partition coefficient (Wildman–Crippen LogP) is 3.48. The van der Waals surface area contributed by atoms with Crippen LogP contribution in [0.1, 0.15) is 16.7 Å². The minimum atomic E-state index is -5.24. The molecule has 29 heavy (non-hydrogen) atoms. The van der Waals surface area contributed by atoms with E-state index in [1.165, 1.54) is 6.92 Å². The van der Waals surface area contributed by atoms with Crippen LogP contribution in [0.15, 0.2) is 46.2 Å². The maximum Gasteiger partial charge on any atom is 0.416 e. The van der Waals surface area contributed by atoms with E-state index in [2.05, 4.69) is 0 Å². The molecule has 2 rings (SSSR count). The summed E-state index contributed by atoms with van der Waals surface area (Å²) in [6, 6.07) is 2.87. The molecule has 0 radical (unpaired) electrons. The van der Waals surface area contributed by atoms with Gasteiger partial charge in [-0.2, -0.15) is 26.3 Å². The van der Waals surface area contributed by atoms with Crippen molar-refractivity contribution in [3.8, 4) is 0 Å². The molecule has 2 aromatic carbocycles. The van der Waals surface area contributed by atoms with E-state index in [1.807, 2.05) is 0 Å². The van der Waals surface area contributed by atoms with Crippen LogP contribution in [0.25, 0.3) is 0 Å².